The van der Waals surface area contributed by atoms with Gasteiger partial charge < -0.3 is 28.4 Å². The van der Waals surface area contributed by atoms with Crippen molar-refractivity contribution in [3.8, 4) is 46.0 Å². The first-order chi connectivity index (χ1) is 22.4. The van der Waals surface area contributed by atoms with Crippen LogP contribution in [0.25, 0.3) is 0 Å². The zero-order valence-electron chi connectivity index (χ0n) is 27.5. The van der Waals surface area contributed by atoms with Crippen LogP contribution in [-0.4, -0.2) is 65.4 Å². The predicted molar refractivity (Wildman–Crippen MR) is 178 cm³/mol. The van der Waals surface area contributed by atoms with Crippen LogP contribution in [0.2, 0.25) is 0 Å². The van der Waals surface area contributed by atoms with Crippen molar-refractivity contribution < 1.29 is 28.4 Å². The van der Waals surface area contributed by atoms with Gasteiger partial charge in [-0.2, -0.15) is 0 Å². The number of hydrogen-bond acceptors (Lipinski definition) is 8. The Bertz CT molecular complexity index is 1750. The maximum atomic E-state index is 7.03. The molecule has 0 unspecified atom stereocenters. The van der Waals surface area contributed by atoms with E-state index in [1.165, 1.54) is 22.3 Å². The van der Waals surface area contributed by atoms with Gasteiger partial charge in [0.05, 0.1) is 28.4 Å². The van der Waals surface area contributed by atoms with Gasteiger partial charge in [-0.05, 0) is 110 Å². The molecule has 0 N–H and O–H groups in total. The largest absolute Gasteiger partial charge is 0.493 e. The first-order valence-electron chi connectivity index (χ1n) is 15.9. The summed E-state index contributed by atoms with van der Waals surface area (Å²) >= 11 is 0. The number of ether oxygens (including phenoxy) is 6. The molecule has 0 fully saturated rings. The highest BCUT2D eigenvalue weighted by molar-refractivity contribution is 5.64. The fourth-order valence-corrected chi connectivity index (χ4v) is 7.28. The molecule has 0 radical (unpaired) electrons. The number of methoxy groups -OCH3 is 4. The van der Waals surface area contributed by atoms with E-state index in [1.807, 2.05) is 18.2 Å². The van der Waals surface area contributed by atoms with E-state index in [-0.39, 0.29) is 12.1 Å². The molecule has 240 valence electrons. The van der Waals surface area contributed by atoms with Gasteiger partial charge in [-0.3, -0.25) is 9.80 Å². The quantitative estimate of drug-likeness (QED) is 0.238. The molecule has 0 saturated carbocycles. The third-order valence-corrected chi connectivity index (χ3v) is 9.85. The van der Waals surface area contributed by atoms with Crippen LogP contribution >= 0.6 is 0 Å². The summed E-state index contributed by atoms with van der Waals surface area (Å²) in [5.74, 6) is 5.41. The fourth-order valence-electron chi connectivity index (χ4n) is 7.28. The summed E-state index contributed by atoms with van der Waals surface area (Å²) < 4.78 is 37.1. The topological polar surface area (TPSA) is 61.9 Å². The molecule has 46 heavy (non-hydrogen) atoms. The van der Waals surface area contributed by atoms with Crippen molar-refractivity contribution in [2.24, 2.45) is 0 Å². The molecule has 2 atom stereocenters. The molecule has 8 nitrogen and oxygen atoms in total. The normalized spacial score (nSPS) is 19.2. The minimum Gasteiger partial charge on any atom is -0.493 e. The van der Waals surface area contributed by atoms with Crippen LogP contribution in [0.1, 0.15) is 45.5 Å². The minimum atomic E-state index is 0.000437. The highest BCUT2D eigenvalue weighted by Crippen LogP contribution is 2.52. The summed E-state index contributed by atoms with van der Waals surface area (Å²) in [5.41, 5.74) is 7.15. The SMILES string of the molecule is COc1ccc2cc1Oc1ccc(cc1)C[C@@H]1c3cc(c(OC)cc3CCN1C)Oc1c(OC)c(OC)cc3c1[C@@H](C2)N(C)CC3. The van der Waals surface area contributed by atoms with Crippen LogP contribution in [0, 0.1) is 0 Å². The maximum Gasteiger partial charge on any atom is 0.204 e. The molecule has 0 amide bonds. The molecular formula is C38H42N2O6. The Morgan fingerprint density at radius 3 is 1.96 bits per heavy atom. The predicted octanol–water partition coefficient (Wildman–Crippen LogP) is 7.16. The van der Waals surface area contributed by atoms with E-state index >= 15 is 0 Å². The van der Waals surface area contributed by atoms with Crippen LogP contribution in [0.5, 0.6) is 46.0 Å². The number of nitrogens with zero attached hydrogens (tertiary/aromatic N) is 2. The molecule has 4 heterocycles. The van der Waals surface area contributed by atoms with E-state index in [0.717, 1.165) is 55.6 Å². The van der Waals surface area contributed by atoms with Gasteiger partial charge in [0.15, 0.2) is 34.5 Å². The van der Waals surface area contributed by atoms with E-state index < -0.39 is 0 Å². The minimum absolute atomic E-state index is 0.000437. The van der Waals surface area contributed by atoms with Crippen LogP contribution < -0.4 is 28.4 Å². The van der Waals surface area contributed by atoms with Crippen molar-refractivity contribution in [2.45, 2.75) is 37.8 Å². The van der Waals surface area contributed by atoms with E-state index in [9.17, 15) is 0 Å². The Morgan fingerprint density at radius 2 is 1.24 bits per heavy atom. The lowest BCUT2D eigenvalue weighted by atomic mass is 9.87. The third-order valence-electron chi connectivity index (χ3n) is 9.85. The highest BCUT2D eigenvalue weighted by atomic mass is 16.5. The Labute approximate surface area is 271 Å². The van der Waals surface area contributed by atoms with Gasteiger partial charge in [0.2, 0.25) is 5.75 Å². The lowest BCUT2D eigenvalue weighted by molar-refractivity contribution is 0.220. The smallest absolute Gasteiger partial charge is 0.204 e. The van der Waals surface area contributed by atoms with Gasteiger partial charge in [-0.25, -0.2) is 0 Å². The standard InChI is InChI=1S/C38H42N2O6/c1-39-15-13-25-20-32(42-4)34-22-28(25)29(39)17-23-7-10-27(11-8-23)45-33-19-24(9-12-31(33)41-3)18-30-36-26(14-16-40(30)2)21-35(43-5)37(44-6)38(36)46-34/h7-12,19-22,29-30H,13-18H2,1-6H3/t29-,30-/m1/s1. The zero-order chi connectivity index (χ0) is 31.9. The average Bonchev–Trinajstić information content (AvgIpc) is 3.07. The summed E-state index contributed by atoms with van der Waals surface area (Å²) in [4.78, 5) is 4.81. The lowest BCUT2D eigenvalue weighted by Crippen LogP contribution is -2.34. The second-order valence-corrected chi connectivity index (χ2v) is 12.5. The summed E-state index contributed by atoms with van der Waals surface area (Å²) in [6.07, 6.45) is 3.37. The van der Waals surface area contributed by atoms with Crippen molar-refractivity contribution in [3.05, 3.63) is 94.0 Å². The van der Waals surface area contributed by atoms with Gasteiger partial charge in [-0.15, -0.1) is 0 Å². The lowest BCUT2D eigenvalue weighted by Gasteiger charge is -2.37. The van der Waals surface area contributed by atoms with E-state index in [4.69, 9.17) is 28.4 Å². The molecule has 0 spiro atoms. The zero-order valence-corrected chi connectivity index (χ0v) is 27.5. The third kappa shape index (κ3) is 5.39. The molecule has 6 bridgehead atoms. The van der Waals surface area contributed by atoms with Crippen LogP contribution in [0.4, 0.5) is 0 Å². The summed E-state index contributed by atoms with van der Waals surface area (Å²) in [6.45, 7) is 1.86. The van der Waals surface area contributed by atoms with Crippen molar-refractivity contribution in [1.29, 1.82) is 0 Å². The molecule has 0 aliphatic carbocycles. The van der Waals surface area contributed by atoms with Gasteiger partial charge in [0, 0.05) is 30.7 Å². The van der Waals surface area contributed by atoms with Crippen LogP contribution in [0.3, 0.4) is 0 Å². The van der Waals surface area contributed by atoms with Gasteiger partial charge in [-0.1, -0.05) is 18.2 Å². The Morgan fingerprint density at radius 1 is 0.609 bits per heavy atom. The second-order valence-electron chi connectivity index (χ2n) is 12.5. The first kappa shape index (κ1) is 30.3. The van der Waals surface area contributed by atoms with E-state index in [0.29, 0.717) is 40.2 Å². The Hall–Kier alpha value is -4.40. The Balaban J connectivity index is 1.47. The van der Waals surface area contributed by atoms with E-state index in [2.05, 4.69) is 66.4 Å². The number of likely N-dealkylation sites (N-methyl/N-ethyl adjacent to an activating group) is 2. The molecule has 8 heteroatoms. The van der Waals surface area contributed by atoms with Gasteiger partial charge >= 0.3 is 0 Å². The monoisotopic (exact) mass is 622 g/mol. The van der Waals surface area contributed by atoms with Gasteiger partial charge in [0.1, 0.15) is 5.75 Å². The van der Waals surface area contributed by atoms with Crippen molar-refractivity contribution >= 4 is 0 Å². The number of rotatable bonds is 4. The summed E-state index contributed by atoms with van der Waals surface area (Å²) in [5, 5.41) is 0. The van der Waals surface area contributed by atoms with Gasteiger partial charge in [0.25, 0.3) is 0 Å². The first-order valence-corrected chi connectivity index (χ1v) is 15.9. The molecule has 0 saturated heterocycles. The molecule has 0 aromatic heterocycles. The van der Waals surface area contributed by atoms with Crippen molar-refractivity contribution in [2.75, 3.05) is 55.6 Å². The number of hydrogen-bond donors (Lipinski definition) is 0. The van der Waals surface area contributed by atoms with Crippen molar-refractivity contribution in [3.63, 3.8) is 0 Å². The average molecular weight is 623 g/mol. The van der Waals surface area contributed by atoms with E-state index in [1.54, 1.807) is 28.4 Å². The molecule has 4 aliphatic heterocycles. The second kappa shape index (κ2) is 12.4. The maximum absolute atomic E-state index is 7.03. The highest BCUT2D eigenvalue weighted by Gasteiger charge is 2.34. The van der Waals surface area contributed by atoms with Crippen LogP contribution in [-0.2, 0) is 25.7 Å². The van der Waals surface area contributed by atoms with Crippen LogP contribution in [0.15, 0.2) is 60.7 Å². The molecule has 8 rings (SSSR count). The Kier molecular flexibility index (Phi) is 8.17. The number of benzene rings is 4. The number of fused-ring (bicyclic) bond motifs is 2. The fraction of sp³-hybridized carbons (Fsp3) is 0.368. The molecular weight excluding hydrogens is 580 g/mol. The summed E-state index contributed by atoms with van der Waals surface area (Å²) in [6, 6.07) is 21.2. The van der Waals surface area contributed by atoms with Crippen molar-refractivity contribution in [1.82, 2.24) is 9.80 Å². The molecule has 4 aromatic carbocycles. The molecule has 4 aliphatic rings. The summed E-state index contributed by atoms with van der Waals surface area (Å²) in [7, 11) is 11.1. The molecule has 4 aromatic rings.